The summed E-state index contributed by atoms with van der Waals surface area (Å²) < 4.78 is 0.957. The first-order valence-corrected chi connectivity index (χ1v) is 10.7. The van der Waals surface area contributed by atoms with Crippen LogP contribution in [0.1, 0.15) is 39.0 Å². The molecule has 1 aliphatic rings. The molecule has 0 saturated heterocycles. The van der Waals surface area contributed by atoms with Crippen molar-refractivity contribution in [1.29, 1.82) is 5.26 Å². The molecule has 2 rings (SSSR count). The van der Waals surface area contributed by atoms with Gasteiger partial charge in [-0.25, -0.2) is 0 Å². The Kier molecular flexibility index (Phi) is 7.98. The summed E-state index contributed by atoms with van der Waals surface area (Å²) in [5.74, 6) is 1.11. The summed E-state index contributed by atoms with van der Waals surface area (Å²) >= 11 is 4.77. The Morgan fingerprint density at radius 2 is 2.08 bits per heavy atom. The van der Waals surface area contributed by atoms with Gasteiger partial charge in [0.15, 0.2) is 0 Å². The van der Waals surface area contributed by atoms with Gasteiger partial charge in [-0.05, 0) is 49.4 Å². The minimum Gasteiger partial charge on any atom is -0.338 e. The molecule has 1 aliphatic carbocycles. The molecule has 140 valence electrons. The second kappa shape index (κ2) is 9.98. The minimum absolute atomic E-state index is 0.0904. The first-order valence-electron chi connectivity index (χ1n) is 8.78. The molecule has 2 unspecified atom stereocenters. The van der Waals surface area contributed by atoms with E-state index < -0.39 is 5.54 Å². The smallest absolute Gasteiger partial charge is 0.234 e. The van der Waals surface area contributed by atoms with Crippen LogP contribution in [-0.4, -0.2) is 28.9 Å². The van der Waals surface area contributed by atoms with Crippen molar-refractivity contribution in [3.05, 3.63) is 28.7 Å². The predicted molar refractivity (Wildman–Crippen MR) is 109 cm³/mol. The van der Waals surface area contributed by atoms with Crippen LogP contribution in [0.25, 0.3) is 0 Å². The number of benzene rings is 1. The summed E-state index contributed by atoms with van der Waals surface area (Å²) in [6.45, 7) is 2.12. The first kappa shape index (κ1) is 20.8. The van der Waals surface area contributed by atoms with Crippen LogP contribution in [-0.2, 0) is 9.59 Å². The van der Waals surface area contributed by atoms with Gasteiger partial charge in [-0.15, -0.1) is 0 Å². The van der Waals surface area contributed by atoms with E-state index in [1.165, 1.54) is 11.8 Å². The lowest BCUT2D eigenvalue weighted by molar-refractivity contribution is -0.122. The van der Waals surface area contributed by atoms with Crippen LogP contribution < -0.4 is 10.6 Å². The second-order valence-corrected chi connectivity index (χ2v) is 8.82. The lowest BCUT2D eigenvalue weighted by atomic mass is 9.77. The highest BCUT2D eigenvalue weighted by molar-refractivity contribution is 9.10. The summed E-state index contributed by atoms with van der Waals surface area (Å²) in [5.41, 5.74) is 0.0391. The first-order chi connectivity index (χ1) is 12.4. The van der Waals surface area contributed by atoms with Crippen LogP contribution in [0.2, 0.25) is 0 Å². The number of carbonyl (C=O) groups excluding carboxylic acids is 2. The average molecular weight is 438 g/mol. The molecule has 1 aromatic carbocycles. The van der Waals surface area contributed by atoms with E-state index in [4.69, 9.17) is 0 Å². The molecule has 0 heterocycles. The highest BCUT2D eigenvalue weighted by Crippen LogP contribution is 2.31. The largest absolute Gasteiger partial charge is 0.338 e. The van der Waals surface area contributed by atoms with Gasteiger partial charge < -0.3 is 10.6 Å². The van der Waals surface area contributed by atoms with E-state index in [0.717, 1.165) is 35.8 Å². The Labute approximate surface area is 167 Å². The summed E-state index contributed by atoms with van der Waals surface area (Å²) in [5, 5.41) is 15.2. The number of hydrogen-bond acceptors (Lipinski definition) is 4. The molecule has 2 amide bonds. The van der Waals surface area contributed by atoms with Gasteiger partial charge in [0.1, 0.15) is 5.54 Å². The van der Waals surface area contributed by atoms with Gasteiger partial charge >= 0.3 is 0 Å². The van der Waals surface area contributed by atoms with E-state index in [1.54, 1.807) is 0 Å². The van der Waals surface area contributed by atoms with Crippen molar-refractivity contribution in [1.82, 2.24) is 5.32 Å². The highest BCUT2D eigenvalue weighted by Gasteiger charge is 2.36. The topological polar surface area (TPSA) is 82.0 Å². The Morgan fingerprint density at radius 3 is 2.73 bits per heavy atom. The number of thioether (sulfide) groups is 1. The summed E-state index contributed by atoms with van der Waals surface area (Å²) in [6.07, 6.45) is 3.84. The Morgan fingerprint density at radius 1 is 1.35 bits per heavy atom. The van der Waals surface area contributed by atoms with Crippen LogP contribution in [0.4, 0.5) is 5.69 Å². The maximum atomic E-state index is 12.2. The number of carbonyl (C=O) groups is 2. The van der Waals surface area contributed by atoms with Gasteiger partial charge in [0.2, 0.25) is 11.8 Å². The Balaban J connectivity index is 1.67. The molecular formula is C19H24BrN3O2S. The van der Waals surface area contributed by atoms with Crippen molar-refractivity contribution in [3.8, 4) is 6.07 Å². The zero-order valence-electron chi connectivity index (χ0n) is 14.9. The molecule has 2 atom stereocenters. The number of nitriles is 1. The molecule has 5 nitrogen and oxygen atoms in total. The number of nitrogens with zero attached hydrogens (tertiary/aromatic N) is 1. The molecule has 7 heteroatoms. The number of anilines is 1. The Bertz CT molecular complexity index is 674. The van der Waals surface area contributed by atoms with Crippen LogP contribution >= 0.6 is 27.7 Å². The molecule has 0 radical (unpaired) electrons. The van der Waals surface area contributed by atoms with Crippen molar-refractivity contribution in [2.45, 2.75) is 44.6 Å². The molecule has 0 aliphatic heterocycles. The molecule has 0 spiro atoms. The summed E-state index contributed by atoms with van der Waals surface area (Å²) in [4.78, 5) is 24.1. The van der Waals surface area contributed by atoms with E-state index in [1.807, 2.05) is 24.3 Å². The zero-order valence-corrected chi connectivity index (χ0v) is 17.3. The van der Waals surface area contributed by atoms with E-state index in [0.29, 0.717) is 23.8 Å². The van der Waals surface area contributed by atoms with E-state index in [2.05, 4.69) is 39.6 Å². The van der Waals surface area contributed by atoms with Crippen molar-refractivity contribution in [3.63, 3.8) is 0 Å². The standard InChI is InChI=1S/C19H24BrN3O2S/c1-14-3-2-9-19(11-14,13-21)23-17(24)8-10-26-12-18(25)22-16-6-4-15(20)5-7-16/h4-7,14H,2-3,8-12H2,1H3,(H,22,25)(H,23,24). The second-order valence-electron chi connectivity index (χ2n) is 6.80. The molecule has 0 bridgehead atoms. The van der Waals surface area contributed by atoms with Gasteiger partial charge in [-0.3, -0.25) is 9.59 Å². The van der Waals surface area contributed by atoms with Gasteiger partial charge in [-0.1, -0.05) is 29.3 Å². The predicted octanol–water partition coefficient (Wildman–Crippen LogP) is 4.10. The van der Waals surface area contributed by atoms with Crippen LogP contribution in [0.3, 0.4) is 0 Å². The number of nitrogens with one attached hydrogen (secondary N) is 2. The molecule has 1 fully saturated rings. The number of halogens is 1. The molecule has 2 N–H and O–H groups in total. The monoisotopic (exact) mass is 437 g/mol. The normalized spacial score (nSPS) is 22.3. The van der Waals surface area contributed by atoms with Crippen molar-refractivity contribution in [2.24, 2.45) is 5.92 Å². The third-order valence-corrected chi connectivity index (χ3v) is 5.91. The van der Waals surface area contributed by atoms with Gasteiger partial charge in [0.05, 0.1) is 11.8 Å². The lowest BCUT2D eigenvalue weighted by Crippen LogP contribution is -2.50. The van der Waals surface area contributed by atoms with Gasteiger partial charge in [-0.2, -0.15) is 17.0 Å². The van der Waals surface area contributed by atoms with Crippen molar-refractivity contribution >= 4 is 45.2 Å². The quantitative estimate of drug-likeness (QED) is 0.628. The summed E-state index contributed by atoms with van der Waals surface area (Å²) in [6, 6.07) is 9.70. The average Bonchev–Trinajstić information content (AvgIpc) is 2.61. The van der Waals surface area contributed by atoms with Crippen LogP contribution in [0.15, 0.2) is 28.7 Å². The minimum atomic E-state index is -0.710. The molecular weight excluding hydrogens is 414 g/mol. The Hall–Kier alpha value is -1.52. The molecule has 26 heavy (non-hydrogen) atoms. The maximum Gasteiger partial charge on any atom is 0.234 e. The van der Waals surface area contributed by atoms with E-state index >= 15 is 0 Å². The zero-order chi connectivity index (χ0) is 19.0. The fraction of sp³-hybridized carbons (Fsp3) is 0.526. The maximum absolute atomic E-state index is 12.2. The highest BCUT2D eigenvalue weighted by atomic mass is 79.9. The lowest BCUT2D eigenvalue weighted by Gasteiger charge is -2.35. The van der Waals surface area contributed by atoms with Crippen molar-refractivity contribution < 1.29 is 9.59 Å². The van der Waals surface area contributed by atoms with Gasteiger partial charge in [0.25, 0.3) is 0 Å². The third kappa shape index (κ3) is 6.65. The third-order valence-electron chi connectivity index (χ3n) is 4.42. The van der Waals surface area contributed by atoms with Gasteiger partial charge in [0, 0.05) is 22.3 Å². The summed E-state index contributed by atoms with van der Waals surface area (Å²) in [7, 11) is 0. The van der Waals surface area contributed by atoms with E-state index in [9.17, 15) is 14.9 Å². The fourth-order valence-corrected chi connectivity index (χ4v) is 4.18. The SMILES string of the molecule is CC1CCCC(C#N)(NC(=O)CCSCC(=O)Nc2ccc(Br)cc2)C1. The van der Waals surface area contributed by atoms with Crippen molar-refractivity contribution in [2.75, 3.05) is 16.8 Å². The molecule has 1 saturated carbocycles. The fourth-order valence-electron chi connectivity index (χ4n) is 3.18. The van der Waals surface area contributed by atoms with Crippen LogP contribution in [0, 0.1) is 17.2 Å². The number of rotatable bonds is 7. The molecule has 1 aromatic rings. The molecule has 0 aromatic heterocycles. The number of hydrogen-bond donors (Lipinski definition) is 2. The van der Waals surface area contributed by atoms with E-state index in [-0.39, 0.29) is 11.8 Å². The number of amides is 2. The van der Waals surface area contributed by atoms with Crippen LogP contribution in [0.5, 0.6) is 0 Å².